The molecule has 0 radical (unpaired) electrons. The topological polar surface area (TPSA) is 129 Å². The summed E-state index contributed by atoms with van der Waals surface area (Å²) in [6, 6.07) is 6.06. The van der Waals surface area contributed by atoms with Crippen LogP contribution >= 0.6 is 0 Å². The summed E-state index contributed by atoms with van der Waals surface area (Å²) in [7, 11) is -0.142. The number of ether oxygens (including phenoxy) is 1. The van der Waals surface area contributed by atoms with Crippen LogP contribution < -0.4 is 5.32 Å². The van der Waals surface area contributed by atoms with Crippen LogP contribution in [0.25, 0.3) is 21.3 Å². The number of methoxy groups -OCH3 is 1. The van der Waals surface area contributed by atoms with Gasteiger partial charge >= 0.3 is 12.2 Å². The van der Waals surface area contributed by atoms with Gasteiger partial charge in [-0.05, 0) is 23.9 Å². The quantitative estimate of drug-likeness (QED) is 0.295. The smallest absolute Gasteiger partial charge is 0.416 e. The highest BCUT2D eigenvalue weighted by Gasteiger charge is 2.24. The van der Waals surface area contributed by atoms with E-state index in [1.807, 2.05) is 6.07 Å². The minimum absolute atomic E-state index is 0.267. The molecule has 2 N–H and O–H groups in total. The van der Waals surface area contributed by atoms with Crippen LogP contribution in [-0.2, 0) is 17.6 Å². The Morgan fingerprint density at radius 2 is 2.04 bits per heavy atom. The van der Waals surface area contributed by atoms with Gasteiger partial charge in [-0.1, -0.05) is 49.0 Å². The molecule has 9 nitrogen and oxygen atoms in total. The number of para-hydroxylation sites is 1. The lowest BCUT2D eigenvalue weighted by Gasteiger charge is -2.17. The van der Waals surface area contributed by atoms with E-state index in [9.17, 15) is 14.7 Å². The highest BCUT2D eigenvalue weighted by atomic mass is 28.3. The van der Waals surface area contributed by atoms with E-state index in [4.69, 9.17) is 5.53 Å². The van der Waals surface area contributed by atoms with E-state index in [0.29, 0.717) is 36.0 Å². The maximum atomic E-state index is 12.1. The minimum Gasteiger partial charge on any atom is -0.464 e. The van der Waals surface area contributed by atoms with Crippen molar-refractivity contribution in [2.45, 2.75) is 38.5 Å². The summed E-state index contributed by atoms with van der Waals surface area (Å²) in [5.74, 6) is 0. The van der Waals surface area contributed by atoms with Gasteiger partial charge in [0.25, 0.3) is 0 Å². The highest BCUT2D eigenvalue weighted by molar-refractivity contribution is 6.76. The zero-order chi connectivity index (χ0) is 20.9. The number of nitrogens with zero attached hydrogens (tertiary/aromatic N) is 4. The van der Waals surface area contributed by atoms with Crippen molar-refractivity contribution < 1.29 is 19.4 Å². The summed E-state index contributed by atoms with van der Waals surface area (Å²) in [5, 5.41) is 16.9. The van der Waals surface area contributed by atoms with Gasteiger partial charge in [0.2, 0.25) is 0 Å². The zero-order valence-electron chi connectivity index (χ0n) is 16.5. The van der Waals surface area contributed by atoms with Gasteiger partial charge in [0.05, 0.1) is 18.3 Å². The van der Waals surface area contributed by atoms with Crippen LogP contribution in [0.4, 0.5) is 15.3 Å². The number of carboxylic acid groups (broad SMARTS) is 1. The molecular formula is C18H25N5O4Si. The van der Waals surface area contributed by atoms with E-state index in [1.54, 1.807) is 12.1 Å². The molecule has 2 rings (SSSR count). The van der Waals surface area contributed by atoms with Crippen molar-refractivity contribution in [3.05, 3.63) is 39.9 Å². The van der Waals surface area contributed by atoms with E-state index >= 15 is 0 Å². The summed E-state index contributed by atoms with van der Waals surface area (Å²) < 4.78 is 5.82. The molecule has 2 aromatic rings. The van der Waals surface area contributed by atoms with Crippen molar-refractivity contribution in [2.75, 3.05) is 13.7 Å². The second kappa shape index (κ2) is 8.81. The summed E-state index contributed by atoms with van der Waals surface area (Å²) >= 11 is 0. The molecule has 0 spiro atoms. The van der Waals surface area contributed by atoms with Crippen LogP contribution in [0.1, 0.15) is 11.3 Å². The lowest BCUT2D eigenvalue weighted by Crippen LogP contribution is -2.26. The van der Waals surface area contributed by atoms with Gasteiger partial charge in [0.1, 0.15) is 0 Å². The second-order valence-corrected chi connectivity index (χ2v) is 13.3. The van der Waals surface area contributed by atoms with E-state index in [-0.39, 0.29) is 5.69 Å². The van der Waals surface area contributed by atoms with E-state index in [0.717, 1.165) is 11.6 Å². The normalized spacial score (nSPS) is 11.1. The first-order valence-corrected chi connectivity index (χ1v) is 12.7. The third-order valence-electron chi connectivity index (χ3n) is 4.47. The summed E-state index contributed by atoms with van der Waals surface area (Å²) in [6.07, 6.45) is -0.629. The molecule has 1 aromatic heterocycles. The van der Waals surface area contributed by atoms with Gasteiger partial charge in [0, 0.05) is 30.6 Å². The Hall–Kier alpha value is -2.97. The molecule has 150 valence electrons. The minimum atomic E-state index is -1.43. The average molecular weight is 404 g/mol. The van der Waals surface area contributed by atoms with Crippen molar-refractivity contribution in [1.29, 1.82) is 0 Å². The summed E-state index contributed by atoms with van der Waals surface area (Å²) in [5.41, 5.74) is 11.0. The monoisotopic (exact) mass is 403 g/mol. The van der Waals surface area contributed by atoms with Crippen LogP contribution in [0.5, 0.6) is 0 Å². The van der Waals surface area contributed by atoms with Crippen molar-refractivity contribution in [1.82, 2.24) is 9.88 Å². The SMILES string of the molecule is COC(=O)NCCc1c(CC[Si](C)(C)C)n(C(=O)O)c2c(N=[N+]=[N-])cccc12. The fourth-order valence-electron chi connectivity index (χ4n) is 3.17. The molecular weight excluding hydrogens is 378 g/mol. The maximum Gasteiger partial charge on any atom is 0.416 e. The number of rotatable bonds is 7. The summed E-state index contributed by atoms with van der Waals surface area (Å²) in [4.78, 5) is 26.3. The number of hydrogen-bond donors (Lipinski definition) is 2. The molecule has 0 saturated heterocycles. The van der Waals surface area contributed by atoms with Gasteiger partial charge in [-0.2, -0.15) is 0 Å². The zero-order valence-corrected chi connectivity index (χ0v) is 17.5. The molecule has 1 amide bonds. The summed E-state index contributed by atoms with van der Waals surface area (Å²) in [6.45, 7) is 6.98. The van der Waals surface area contributed by atoms with Crippen molar-refractivity contribution in [3.8, 4) is 0 Å². The van der Waals surface area contributed by atoms with Crippen molar-refractivity contribution in [3.63, 3.8) is 0 Å². The molecule has 0 aliphatic heterocycles. The first-order chi connectivity index (χ1) is 13.2. The van der Waals surface area contributed by atoms with Crippen LogP contribution in [0.2, 0.25) is 25.7 Å². The Morgan fingerprint density at radius 1 is 1.32 bits per heavy atom. The Labute approximate surface area is 163 Å². The molecule has 1 heterocycles. The van der Waals surface area contributed by atoms with Crippen molar-refractivity contribution >= 4 is 36.9 Å². The van der Waals surface area contributed by atoms with E-state index < -0.39 is 20.3 Å². The third-order valence-corrected chi connectivity index (χ3v) is 6.22. The predicted molar refractivity (Wildman–Crippen MR) is 110 cm³/mol. The standard InChI is InChI=1S/C18H25N5O4Si/c1-27-17(24)20-10-8-12-13-6-5-7-14(21-22-19)16(13)23(18(25)26)15(12)9-11-28(2,3)4/h5-7H,8-11H2,1-4H3,(H,20,24)(H,25,26). The second-order valence-electron chi connectivity index (χ2n) is 7.63. The number of aromatic nitrogens is 1. The molecule has 10 heteroatoms. The highest BCUT2D eigenvalue weighted by Crippen LogP contribution is 2.35. The van der Waals surface area contributed by atoms with Crippen LogP contribution in [0.3, 0.4) is 0 Å². The number of azide groups is 1. The van der Waals surface area contributed by atoms with E-state index in [1.165, 1.54) is 11.7 Å². The van der Waals surface area contributed by atoms with Crippen LogP contribution in [0.15, 0.2) is 23.3 Å². The Kier molecular flexibility index (Phi) is 6.71. The number of fused-ring (bicyclic) bond motifs is 1. The number of benzene rings is 1. The third kappa shape index (κ3) is 4.84. The van der Waals surface area contributed by atoms with Crippen molar-refractivity contribution in [2.24, 2.45) is 5.11 Å². The van der Waals surface area contributed by atoms with Gasteiger partial charge < -0.3 is 15.2 Å². The fourth-order valence-corrected chi connectivity index (χ4v) is 4.16. The Bertz CT molecular complexity index is 942. The fraction of sp³-hybridized carbons (Fsp3) is 0.444. The molecule has 0 saturated carbocycles. The molecule has 28 heavy (non-hydrogen) atoms. The Balaban J connectivity index is 2.64. The molecule has 0 aliphatic rings. The molecule has 0 aliphatic carbocycles. The van der Waals surface area contributed by atoms with Gasteiger partial charge in [-0.15, -0.1) is 0 Å². The molecule has 0 atom stereocenters. The average Bonchev–Trinajstić information content (AvgIpc) is 2.94. The maximum absolute atomic E-state index is 12.1. The van der Waals surface area contributed by atoms with Gasteiger partial charge in [0.15, 0.2) is 0 Å². The first-order valence-electron chi connectivity index (χ1n) is 8.95. The lowest BCUT2D eigenvalue weighted by atomic mass is 10.1. The molecule has 0 fully saturated rings. The number of carbonyl (C=O) groups excluding carboxylic acids is 1. The number of amides is 1. The predicted octanol–water partition coefficient (Wildman–Crippen LogP) is 4.89. The van der Waals surface area contributed by atoms with Gasteiger partial charge in [-0.25, -0.2) is 14.2 Å². The number of alkyl carbamates (subject to hydrolysis) is 1. The lowest BCUT2D eigenvalue weighted by molar-refractivity contribution is 0.171. The molecule has 0 bridgehead atoms. The first kappa shape index (κ1) is 21.3. The largest absolute Gasteiger partial charge is 0.464 e. The van der Waals surface area contributed by atoms with Crippen LogP contribution in [0, 0.1) is 0 Å². The number of carbonyl (C=O) groups is 2. The van der Waals surface area contributed by atoms with Gasteiger partial charge in [-0.3, -0.25) is 0 Å². The van der Waals surface area contributed by atoms with E-state index in [2.05, 4.69) is 39.7 Å². The molecule has 1 aromatic carbocycles. The molecule has 0 unspecified atom stereocenters. The Morgan fingerprint density at radius 3 is 2.61 bits per heavy atom. The number of hydrogen-bond acceptors (Lipinski definition) is 4. The number of nitrogens with one attached hydrogen (secondary N) is 1. The van der Waals surface area contributed by atoms with Crippen LogP contribution in [-0.4, -0.2) is 43.6 Å².